The van der Waals surface area contributed by atoms with Crippen molar-refractivity contribution in [2.24, 2.45) is 5.92 Å². The number of carbonyl (C=O) groups excluding carboxylic acids is 1. The van der Waals surface area contributed by atoms with Gasteiger partial charge in [-0.05, 0) is 42.2 Å². The smallest absolute Gasteiger partial charge is 0.251 e. The number of anilines is 1. The van der Waals surface area contributed by atoms with Crippen LogP contribution in [-0.4, -0.2) is 34.2 Å². The topological polar surface area (TPSA) is 75.7 Å². The van der Waals surface area contributed by atoms with E-state index >= 15 is 0 Å². The Morgan fingerprint density at radius 3 is 2.35 bits per heavy atom. The first-order valence-corrected chi connectivity index (χ1v) is 12.6. The fourth-order valence-electron chi connectivity index (χ4n) is 3.43. The fraction of sp³-hybridized carbons (Fsp3) is 0.458. The normalized spacial score (nSPS) is 12.3. The van der Waals surface area contributed by atoms with Crippen LogP contribution in [-0.2, 0) is 16.6 Å². The number of hydrogen-bond donors (Lipinski definition) is 1. The number of ether oxygens (including phenoxy) is 1. The van der Waals surface area contributed by atoms with Crippen LogP contribution >= 0.6 is 0 Å². The van der Waals surface area contributed by atoms with Gasteiger partial charge in [0.1, 0.15) is 5.75 Å². The zero-order valence-electron chi connectivity index (χ0n) is 18.9. The Bertz CT molecular complexity index is 942. The number of nitrogens with one attached hydrogen (secondary N) is 1. The summed E-state index contributed by atoms with van der Waals surface area (Å²) in [5, 5.41) is 3.02. The predicted molar refractivity (Wildman–Crippen MR) is 126 cm³/mol. The van der Waals surface area contributed by atoms with Crippen molar-refractivity contribution in [3.05, 3.63) is 59.7 Å². The number of unbranched alkanes of at least 4 members (excludes halogenated alkanes) is 1. The number of nitrogens with zero attached hydrogens (tertiary/aromatic N) is 1. The largest absolute Gasteiger partial charge is 0.495 e. The third kappa shape index (κ3) is 7.28. The standard InChI is InChI=1S/C24H34N2O4S/c1-5-7-10-19(6-2)17-25-24(27)21-15-13-20(14-16-21)18-26(31(4,28)29)22-11-8-9-12-23(22)30-3/h8-9,11-16,19H,5-7,10,17-18H2,1-4H3,(H,25,27)/t19-/m1/s1. The van der Waals surface area contributed by atoms with Crippen LogP contribution in [0, 0.1) is 5.92 Å². The van der Waals surface area contributed by atoms with Gasteiger partial charge in [0.2, 0.25) is 10.0 Å². The summed E-state index contributed by atoms with van der Waals surface area (Å²) in [6.45, 7) is 5.14. The molecule has 0 spiro atoms. The zero-order chi connectivity index (χ0) is 22.9. The van der Waals surface area contributed by atoms with Crippen molar-refractivity contribution >= 4 is 21.6 Å². The molecular formula is C24H34N2O4S. The van der Waals surface area contributed by atoms with Crippen molar-refractivity contribution in [3.63, 3.8) is 0 Å². The van der Waals surface area contributed by atoms with E-state index in [1.807, 2.05) is 0 Å². The summed E-state index contributed by atoms with van der Waals surface area (Å²) in [6.07, 6.45) is 5.67. The molecular weight excluding hydrogens is 412 g/mol. The number of methoxy groups -OCH3 is 1. The van der Waals surface area contributed by atoms with Crippen LogP contribution in [0.3, 0.4) is 0 Å². The summed E-state index contributed by atoms with van der Waals surface area (Å²) in [5.74, 6) is 0.871. The summed E-state index contributed by atoms with van der Waals surface area (Å²) in [7, 11) is -2.02. The fourth-order valence-corrected chi connectivity index (χ4v) is 4.32. The summed E-state index contributed by atoms with van der Waals surface area (Å²) in [4.78, 5) is 12.5. The minimum atomic E-state index is -3.53. The lowest BCUT2D eigenvalue weighted by atomic mass is 9.99. The Balaban J connectivity index is 2.10. The van der Waals surface area contributed by atoms with E-state index in [2.05, 4.69) is 19.2 Å². The number of hydrogen-bond acceptors (Lipinski definition) is 4. The highest BCUT2D eigenvalue weighted by atomic mass is 32.2. The van der Waals surface area contributed by atoms with E-state index in [0.717, 1.165) is 24.8 Å². The average Bonchev–Trinajstić information content (AvgIpc) is 2.77. The van der Waals surface area contributed by atoms with Crippen molar-refractivity contribution in [2.45, 2.75) is 46.1 Å². The van der Waals surface area contributed by atoms with Crippen molar-refractivity contribution in [1.82, 2.24) is 5.32 Å². The van der Waals surface area contributed by atoms with Gasteiger partial charge in [0.15, 0.2) is 0 Å². The third-order valence-electron chi connectivity index (χ3n) is 5.39. The minimum absolute atomic E-state index is 0.105. The van der Waals surface area contributed by atoms with E-state index in [9.17, 15) is 13.2 Å². The molecule has 0 fully saturated rings. The molecule has 0 bridgehead atoms. The van der Waals surface area contributed by atoms with Crippen molar-refractivity contribution in [3.8, 4) is 5.75 Å². The zero-order valence-corrected chi connectivity index (χ0v) is 19.7. The summed E-state index contributed by atoms with van der Waals surface area (Å²) < 4.78 is 31.5. The van der Waals surface area contributed by atoms with E-state index in [-0.39, 0.29) is 12.5 Å². The second-order valence-corrected chi connectivity index (χ2v) is 9.67. The van der Waals surface area contributed by atoms with Gasteiger partial charge in [0.05, 0.1) is 25.6 Å². The van der Waals surface area contributed by atoms with Gasteiger partial charge in [-0.25, -0.2) is 8.42 Å². The molecule has 1 atom stereocenters. The second-order valence-electron chi connectivity index (χ2n) is 7.76. The molecule has 7 heteroatoms. The monoisotopic (exact) mass is 446 g/mol. The van der Waals surface area contributed by atoms with Crippen LogP contribution in [0.1, 0.15) is 55.5 Å². The SMILES string of the molecule is CCCC[C@@H](CC)CNC(=O)c1ccc(CN(c2ccccc2OC)S(C)(=O)=O)cc1. The second kappa shape index (κ2) is 11.7. The maximum Gasteiger partial charge on any atom is 0.251 e. The molecule has 0 aromatic heterocycles. The van der Waals surface area contributed by atoms with Crippen molar-refractivity contribution < 1.29 is 17.9 Å². The number of para-hydroxylation sites is 2. The van der Waals surface area contributed by atoms with Gasteiger partial charge in [0, 0.05) is 12.1 Å². The van der Waals surface area contributed by atoms with Gasteiger partial charge in [-0.2, -0.15) is 0 Å². The lowest BCUT2D eigenvalue weighted by molar-refractivity contribution is 0.0946. The highest BCUT2D eigenvalue weighted by molar-refractivity contribution is 7.92. The van der Waals surface area contributed by atoms with Gasteiger partial charge in [-0.1, -0.05) is 57.4 Å². The predicted octanol–water partition coefficient (Wildman–Crippen LogP) is 4.61. The van der Waals surface area contributed by atoms with Gasteiger partial charge >= 0.3 is 0 Å². The molecule has 0 aliphatic heterocycles. The van der Waals surface area contributed by atoms with Crippen molar-refractivity contribution in [2.75, 3.05) is 24.2 Å². The van der Waals surface area contributed by atoms with E-state index in [1.165, 1.54) is 24.1 Å². The Morgan fingerprint density at radius 2 is 1.77 bits per heavy atom. The number of amides is 1. The molecule has 31 heavy (non-hydrogen) atoms. The van der Waals surface area contributed by atoms with Gasteiger partial charge in [-0.15, -0.1) is 0 Å². The first-order valence-electron chi connectivity index (χ1n) is 10.8. The highest BCUT2D eigenvalue weighted by Gasteiger charge is 2.21. The lowest BCUT2D eigenvalue weighted by Gasteiger charge is -2.24. The minimum Gasteiger partial charge on any atom is -0.495 e. The molecule has 2 rings (SSSR count). The maximum absolute atomic E-state index is 12.5. The van der Waals surface area contributed by atoms with Crippen molar-refractivity contribution in [1.29, 1.82) is 0 Å². The highest BCUT2D eigenvalue weighted by Crippen LogP contribution is 2.30. The number of benzene rings is 2. The molecule has 2 aromatic rings. The first kappa shape index (κ1) is 24.7. The Hall–Kier alpha value is -2.54. The number of sulfonamides is 1. The number of carbonyl (C=O) groups is 1. The van der Waals surface area contributed by atoms with Crippen LogP contribution in [0.5, 0.6) is 5.75 Å². The molecule has 0 heterocycles. The molecule has 0 saturated carbocycles. The number of rotatable bonds is 12. The van der Waals surface area contributed by atoms with E-state index in [0.29, 0.717) is 29.5 Å². The van der Waals surface area contributed by atoms with Gasteiger partial charge < -0.3 is 10.1 Å². The van der Waals surface area contributed by atoms with Crippen LogP contribution < -0.4 is 14.4 Å². The van der Waals surface area contributed by atoms with Crippen LogP contribution in [0.4, 0.5) is 5.69 Å². The maximum atomic E-state index is 12.5. The molecule has 0 radical (unpaired) electrons. The molecule has 0 unspecified atom stereocenters. The van der Waals surface area contributed by atoms with Crippen LogP contribution in [0.2, 0.25) is 0 Å². The Morgan fingerprint density at radius 1 is 1.10 bits per heavy atom. The summed E-state index contributed by atoms with van der Waals surface area (Å²) >= 11 is 0. The first-order chi connectivity index (χ1) is 14.8. The Kier molecular flexibility index (Phi) is 9.37. The van der Waals surface area contributed by atoms with E-state index < -0.39 is 10.0 Å². The van der Waals surface area contributed by atoms with E-state index in [1.54, 1.807) is 48.5 Å². The summed E-state index contributed by atoms with van der Waals surface area (Å²) in [6, 6.07) is 14.1. The summed E-state index contributed by atoms with van der Waals surface area (Å²) in [5.41, 5.74) is 1.83. The molecule has 1 amide bonds. The third-order valence-corrected chi connectivity index (χ3v) is 6.52. The molecule has 0 aliphatic carbocycles. The lowest BCUT2D eigenvalue weighted by Crippen LogP contribution is -2.30. The molecule has 0 aliphatic rings. The molecule has 6 nitrogen and oxygen atoms in total. The van der Waals surface area contributed by atoms with Gasteiger partial charge in [0.25, 0.3) is 5.91 Å². The van der Waals surface area contributed by atoms with Crippen LogP contribution in [0.15, 0.2) is 48.5 Å². The molecule has 2 aromatic carbocycles. The Labute approximate surface area is 186 Å². The molecule has 170 valence electrons. The van der Waals surface area contributed by atoms with E-state index in [4.69, 9.17) is 4.74 Å². The average molecular weight is 447 g/mol. The quantitative estimate of drug-likeness (QED) is 0.517. The van der Waals surface area contributed by atoms with Crippen LogP contribution in [0.25, 0.3) is 0 Å². The molecule has 0 saturated heterocycles. The van der Waals surface area contributed by atoms with Gasteiger partial charge in [-0.3, -0.25) is 9.10 Å². The molecule has 1 N–H and O–H groups in total.